The van der Waals surface area contributed by atoms with E-state index in [-0.39, 0.29) is 11.6 Å². The fraction of sp³-hybridized carbons (Fsp3) is 0.0667. The van der Waals surface area contributed by atoms with E-state index in [1.54, 1.807) is 48.5 Å². The molecule has 0 saturated heterocycles. The Morgan fingerprint density at radius 3 is 1.39 bits per heavy atom. The van der Waals surface area contributed by atoms with E-state index in [0.717, 1.165) is 0 Å². The van der Waals surface area contributed by atoms with Gasteiger partial charge in [-0.3, -0.25) is 9.59 Å². The lowest BCUT2D eigenvalue weighted by Gasteiger charge is -2.08. The molecule has 0 aromatic heterocycles. The number of benzene rings is 2. The van der Waals surface area contributed by atoms with E-state index >= 15 is 0 Å². The first-order valence-electron chi connectivity index (χ1n) is 5.57. The molecule has 0 heterocycles. The van der Waals surface area contributed by atoms with E-state index in [2.05, 4.69) is 12.6 Å². The maximum atomic E-state index is 12.1. The van der Waals surface area contributed by atoms with Crippen LogP contribution < -0.4 is 0 Å². The van der Waals surface area contributed by atoms with Crippen LogP contribution in [0.1, 0.15) is 20.7 Å². The Kier molecular flexibility index (Phi) is 3.95. The predicted molar refractivity (Wildman–Crippen MR) is 74.3 cm³/mol. The Hall–Kier alpha value is -1.87. The zero-order valence-electron chi connectivity index (χ0n) is 9.61. The van der Waals surface area contributed by atoms with E-state index in [9.17, 15) is 9.59 Å². The van der Waals surface area contributed by atoms with Crippen LogP contribution in [0.3, 0.4) is 0 Å². The molecule has 0 aliphatic carbocycles. The van der Waals surface area contributed by atoms with E-state index in [1.807, 2.05) is 12.1 Å². The van der Waals surface area contributed by atoms with Crippen LogP contribution in [0.15, 0.2) is 60.7 Å². The van der Waals surface area contributed by atoms with Gasteiger partial charge in [-0.05, 0) is 0 Å². The summed E-state index contributed by atoms with van der Waals surface area (Å²) in [6, 6.07) is 17.4. The third-order valence-corrected chi connectivity index (χ3v) is 3.08. The minimum Gasteiger partial charge on any atom is -0.292 e. The lowest BCUT2D eigenvalue weighted by Crippen LogP contribution is -2.25. The van der Waals surface area contributed by atoms with Crippen molar-refractivity contribution < 1.29 is 9.59 Å². The highest BCUT2D eigenvalue weighted by Crippen LogP contribution is 2.13. The molecular formula is C15H12O2S. The number of carbonyl (C=O) groups excluding carboxylic acids is 2. The Bertz CT molecular complexity index is 498. The van der Waals surface area contributed by atoms with Crippen LogP contribution in [0, 0.1) is 0 Å². The molecule has 0 N–H and O–H groups in total. The van der Waals surface area contributed by atoms with Gasteiger partial charge in [0.1, 0.15) is 5.25 Å². The van der Waals surface area contributed by atoms with E-state index in [1.165, 1.54) is 0 Å². The molecule has 90 valence electrons. The maximum Gasteiger partial charge on any atom is 0.183 e. The molecule has 2 rings (SSSR count). The van der Waals surface area contributed by atoms with Gasteiger partial charge in [0, 0.05) is 11.1 Å². The third kappa shape index (κ3) is 2.68. The van der Waals surface area contributed by atoms with Crippen LogP contribution in [0.2, 0.25) is 0 Å². The number of hydrogen-bond donors (Lipinski definition) is 1. The molecule has 0 amide bonds. The van der Waals surface area contributed by atoms with E-state index in [4.69, 9.17) is 0 Å². The number of thiol groups is 1. The Labute approximate surface area is 111 Å². The molecule has 0 fully saturated rings. The molecule has 0 aliphatic heterocycles. The second-order valence-corrected chi connectivity index (χ2v) is 4.38. The molecule has 0 unspecified atom stereocenters. The molecule has 0 saturated carbocycles. The van der Waals surface area contributed by atoms with Crippen LogP contribution in [0.5, 0.6) is 0 Å². The fourth-order valence-corrected chi connectivity index (χ4v) is 1.94. The molecule has 2 aromatic rings. The monoisotopic (exact) mass is 256 g/mol. The minimum absolute atomic E-state index is 0.271. The van der Waals surface area contributed by atoms with E-state index < -0.39 is 5.25 Å². The zero-order valence-corrected chi connectivity index (χ0v) is 10.5. The SMILES string of the molecule is O=C(c1ccccc1)C(S)C(=O)c1ccccc1. The van der Waals surface area contributed by atoms with Gasteiger partial charge in [0.2, 0.25) is 0 Å². The van der Waals surface area contributed by atoms with Crippen molar-refractivity contribution in [1.29, 1.82) is 0 Å². The number of hydrogen-bond acceptors (Lipinski definition) is 3. The molecule has 3 heteroatoms. The summed E-state index contributed by atoms with van der Waals surface area (Å²) < 4.78 is 0. The molecule has 0 radical (unpaired) electrons. The van der Waals surface area contributed by atoms with Gasteiger partial charge in [0.25, 0.3) is 0 Å². The second kappa shape index (κ2) is 5.65. The lowest BCUT2D eigenvalue weighted by atomic mass is 10.0. The van der Waals surface area contributed by atoms with Crippen molar-refractivity contribution in [2.24, 2.45) is 0 Å². The Morgan fingerprint density at radius 2 is 1.06 bits per heavy atom. The summed E-state index contributed by atoms with van der Waals surface area (Å²) in [5, 5.41) is -0.949. The third-order valence-electron chi connectivity index (χ3n) is 2.61. The minimum atomic E-state index is -0.949. The van der Waals surface area contributed by atoms with Gasteiger partial charge < -0.3 is 0 Å². The fourth-order valence-electron chi connectivity index (χ4n) is 1.64. The standard InChI is InChI=1S/C15H12O2S/c16-13(11-7-3-1-4-8-11)15(18)14(17)12-9-5-2-6-10-12/h1-10,15,18H. The normalized spacial score (nSPS) is 10.3. The molecule has 0 spiro atoms. The van der Waals surface area contributed by atoms with Crippen molar-refractivity contribution in [3.05, 3.63) is 71.8 Å². The van der Waals surface area contributed by atoms with Crippen molar-refractivity contribution in [1.82, 2.24) is 0 Å². The molecule has 18 heavy (non-hydrogen) atoms. The summed E-state index contributed by atoms with van der Waals surface area (Å²) >= 11 is 4.14. The summed E-state index contributed by atoms with van der Waals surface area (Å²) in [6.45, 7) is 0. The summed E-state index contributed by atoms with van der Waals surface area (Å²) in [6.07, 6.45) is 0. The van der Waals surface area contributed by atoms with Crippen LogP contribution >= 0.6 is 12.6 Å². The van der Waals surface area contributed by atoms with Crippen molar-refractivity contribution in [3.8, 4) is 0 Å². The van der Waals surface area contributed by atoms with Gasteiger partial charge in [0.15, 0.2) is 11.6 Å². The highest BCUT2D eigenvalue weighted by molar-refractivity contribution is 7.82. The number of ketones is 2. The topological polar surface area (TPSA) is 34.1 Å². The number of Topliss-reactive ketones (excluding diaryl/α,β-unsaturated/α-hetero) is 2. The average molecular weight is 256 g/mol. The first-order valence-corrected chi connectivity index (χ1v) is 6.08. The predicted octanol–water partition coefficient (Wildman–Crippen LogP) is 3.05. The van der Waals surface area contributed by atoms with Crippen molar-refractivity contribution in [2.75, 3.05) is 0 Å². The quantitative estimate of drug-likeness (QED) is 0.518. The summed E-state index contributed by atoms with van der Waals surface area (Å²) in [5.41, 5.74) is 1.00. The largest absolute Gasteiger partial charge is 0.292 e. The molecule has 0 bridgehead atoms. The lowest BCUT2D eigenvalue weighted by molar-refractivity contribution is 0.0904. The first kappa shape index (κ1) is 12.6. The second-order valence-electron chi connectivity index (χ2n) is 3.86. The summed E-state index contributed by atoms with van der Waals surface area (Å²) in [5.74, 6) is -0.541. The molecular weight excluding hydrogens is 244 g/mol. The number of rotatable bonds is 4. The smallest absolute Gasteiger partial charge is 0.183 e. The van der Waals surface area contributed by atoms with Crippen molar-refractivity contribution in [3.63, 3.8) is 0 Å². The highest BCUT2D eigenvalue weighted by Gasteiger charge is 2.24. The summed E-state index contributed by atoms with van der Waals surface area (Å²) in [7, 11) is 0. The molecule has 0 aliphatic rings. The van der Waals surface area contributed by atoms with Gasteiger partial charge in [-0.15, -0.1) is 0 Å². The molecule has 2 aromatic carbocycles. The first-order chi connectivity index (χ1) is 8.70. The van der Waals surface area contributed by atoms with Gasteiger partial charge in [-0.1, -0.05) is 60.7 Å². The number of carbonyl (C=O) groups is 2. The van der Waals surface area contributed by atoms with Gasteiger partial charge in [-0.25, -0.2) is 0 Å². The van der Waals surface area contributed by atoms with Crippen molar-refractivity contribution in [2.45, 2.75) is 5.25 Å². The van der Waals surface area contributed by atoms with Gasteiger partial charge in [-0.2, -0.15) is 12.6 Å². The van der Waals surface area contributed by atoms with Crippen LogP contribution in [-0.2, 0) is 0 Å². The van der Waals surface area contributed by atoms with Crippen LogP contribution in [-0.4, -0.2) is 16.8 Å². The average Bonchev–Trinajstić information content (AvgIpc) is 2.47. The maximum absolute atomic E-state index is 12.1. The zero-order chi connectivity index (χ0) is 13.0. The van der Waals surface area contributed by atoms with Gasteiger partial charge >= 0.3 is 0 Å². The van der Waals surface area contributed by atoms with Crippen molar-refractivity contribution >= 4 is 24.2 Å². The van der Waals surface area contributed by atoms with Gasteiger partial charge in [0.05, 0.1) is 0 Å². The highest BCUT2D eigenvalue weighted by atomic mass is 32.1. The van der Waals surface area contributed by atoms with Crippen LogP contribution in [0.25, 0.3) is 0 Å². The molecule has 0 atom stereocenters. The van der Waals surface area contributed by atoms with E-state index in [0.29, 0.717) is 11.1 Å². The Balaban J connectivity index is 2.20. The Morgan fingerprint density at radius 1 is 0.722 bits per heavy atom. The van der Waals surface area contributed by atoms with Crippen LogP contribution in [0.4, 0.5) is 0 Å². The molecule has 2 nitrogen and oxygen atoms in total. The summed E-state index contributed by atoms with van der Waals surface area (Å²) in [4.78, 5) is 24.1.